The Morgan fingerprint density at radius 3 is 3.13 bits per heavy atom. The Balaban J connectivity index is 2.29. The van der Waals surface area contributed by atoms with E-state index in [1.54, 1.807) is 24.8 Å². The SMILES string of the molecule is COCCn1cnnc1-c1sccc1N. The van der Waals surface area contributed by atoms with E-state index >= 15 is 0 Å². The molecule has 0 aliphatic rings. The first-order chi connectivity index (χ1) is 7.33. The predicted octanol–water partition coefficient (Wildman–Crippen LogP) is 1.24. The Kier molecular flexibility index (Phi) is 2.98. The summed E-state index contributed by atoms with van der Waals surface area (Å²) >= 11 is 1.57. The summed E-state index contributed by atoms with van der Waals surface area (Å²) in [6, 6.07) is 1.87. The molecule has 2 aromatic rings. The van der Waals surface area contributed by atoms with Gasteiger partial charge in [-0.15, -0.1) is 21.5 Å². The standard InChI is InChI=1S/C9H12N4OS/c1-14-4-3-13-6-11-12-9(13)8-7(10)2-5-15-8/h2,5-6H,3-4,10H2,1H3. The second-order valence-electron chi connectivity index (χ2n) is 3.05. The van der Waals surface area contributed by atoms with Crippen molar-refractivity contribution in [3.8, 4) is 10.7 Å². The van der Waals surface area contributed by atoms with Crippen LogP contribution in [0.3, 0.4) is 0 Å². The van der Waals surface area contributed by atoms with Crippen LogP contribution in [0.1, 0.15) is 0 Å². The number of hydrogen-bond acceptors (Lipinski definition) is 5. The summed E-state index contributed by atoms with van der Waals surface area (Å²) in [7, 11) is 1.67. The van der Waals surface area contributed by atoms with E-state index in [0.29, 0.717) is 6.61 Å². The molecule has 0 fully saturated rings. The summed E-state index contributed by atoms with van der Waals surface area (Å²) in [6.07, 6.45) is 1.69. The maximum Gasteiger partial charge on any atom is 0.176 e. The van der Waals surface area contributed by atoms with Crippen LogP contribution in [-0.2, 0) is 11.3 Å². The van der Waals surface area contributed by atoms with Gasteiger partial charge in [-0.05, 0) is 11.4 Å². The van der Waals surface area contributed by atoms with Gasteiger partial charge in [0.15, 0.2) is 5.82 Å². The predicted molar refractivity (Wildman–Crippen MR) is 59.6 cm³/mol. The molecule has 0 aliphatic heterocycles. The first-order valence-corrected chi connectivity index (χ1v) is 5.41. The zero-order chi connectivity index (χ0) is 10.7. The smallest absolute Gasteiger partial charge is 0.176 e. The minimum absolute atomic E-state index is 0.635. The monoisotopic (exact) mass is 224 g/mol. The third kappa shape index (κ3) is 2.00. The van der Waals surface area contributed by atoms with Crippen molar-refractivity contribution in [3.63, 3.8) is 0 Å². The summed E-state index contributed by atoms with van der Waals surface area (Å²) in [4.78, 5) is 0.962. The zero-order valence-electron chi connectivity index (χ0n) is 8.38. The van der Waals surface area contributed by atoms with E-state index in [-0.39, 0.29) is 0 Å². The molecule has 0 atom stereocenters. The Labute approximate surface area is 91.5 Å². The van der Waals surface area contributed by atoms with E-state index < -0.39 is 0 Å². The van der Waals surface area contributed by atoms with Gasteiger partial charge in [-0.2, -0.15) is 0 Å². The number of rotatable bonds is 4. The average Bonchev–Trinajstić information content (AvgIpc) is 2.82. The van der Waals surface area contributed by atoms with Gasteiger partial charge in [-0.1, -0.05) is 0 Å². The first-order valence-electron chi connectivity index (χ1n) is 4.53. The van der Waals surface area contributed by atoms with E-state index in [1.807, 2.05) is 16.0 Å². The van der Waals surface area contributed by atoms with Crippen molar-refractivity contribution in [1.82, 2.24) is 14.8 Å². The number of aromatic nitrogens is 3. The van der Waals surface area contributed by atoms with Crippen LogP contribution < -0.4 is 5.73 Å². The highest BCUT2D eigenvalue weighted by molar-refractivity contribution is 7.14. The van der Waals surface area contributed by atoms with Crippen molar-refractivity contribution < 1.29 is 4.74 Å². The van der Waals surface area contributed by atoms with E-state index in [0.717, 1.165) is 22.9 Å². The van der Waals surface area contributed by atoms with E-state index in [4.69, 9.17) is 10.5 Å². The lowest BCUT2D eigenvalue weighted by Gasteiger charge is -2.04. The molecule has 0 saturated heterocycles. The number of ether oxygens (including phenoxy) is 1. The second-order valence-corrected chi connectivity index (χ2v) is 3.96. The molecule has 0 bridgehead atoms. The van der Waals surface area contributed by atoms with Crippen LogP contribution in [0.5, 0.6) is 0 Å². The van der Waals surface area contributed by atoms with Crippen molar-refractivity contribution in [2.45, 2.75) is 6.54 Å². The number of thiophene rings is 1. The average molecular weight is 224 g/mol. The largest absolute Gasteiger partial charge is 0.397 e. The molecule has 0 radical (unpaired) electrons. The maximum atomic E-state index is 5.83. The van der Waals surface area contributed by atoms with Crippen molar-refractivity contribution in [2.75, 3.05) is 19.5 Å². The van der Waals surface area contributed by atoms with Gasteiger partial charge < -0.3 is 15.0 Å². The lowest BCUT2D eigenvalue weighted by Crippen LogP contribution is -2.04. The van der Waals surface area contributed by atoms with Gasteiger partial charge in [0.1, 0.15) is 6.33 Å². The topological polar surface area (TPSA) is 66.0 Å². The molecule has 15 heavy (non-hydrogen) atoms. The highest BCUT2D eigenvalue weighted by atomic mass is 32.1. The molecular weight excluding hydrogens is 212 g/mol. The number of nitrogens with zero attached hydrogens (tertiary/aromatic N) is 3. The number of hydrogen-bond donors (Lipinski definition) is 1. The Bertz CT molecular complexity index is 437. The van der Waals surface area contributed by atoms with Crippen LogP contribution in [0.15, 0.2) is 17.8 Å². The third-order valence-electron chi connectivity index (χ3n) is 2.05. The zero-order valence-corrected chi connectivity index (χ0v) is 9.20. The van der Waals surface area contributed by atoms with Gasteiger partial charge in [-0.3, -0.25) is 0 Å². The quantitative estimate of drug-likeness (QED) is 0.848. The number of nitrogen functional groups attached to an aromatic ring is 1. The molecule has 0 amide bonds. The molecule has 2 aromatic heterocycles. The van der Waals surface area contributed by atoms with E-state index in [2.05, 4.69) is 10.2 Å². The normalized spacial score (nSPS) is 10.7. The van der Waals surface area contributed by atoms with E-state index in [9.17, 15) is 0 Å². The fourth-order valence-electron chi connectivity index (χ4n) is 1.28. The summed E-state index contributed by atoms with van der Waals surface area (Å²) in [6.45, 7) is 1.37. The summed E-state index contributed by atoms with van der Waals surface area (Å²) in [5, 5.41) is 9.89. The van der Waals surface area contributed by atoms with Crippen molar-refractivity contribution >= 4 is 17.0 Å². The lowest BCUT2D eigenvalue weighted by molar-refractivity contribution is 0.187. The molecule has 0 unspecified atom stereocenters. The third-order valence-corrected chi connectivity index (χ3v) is 2.98. The molecule has 0 aromatic carbocycles. The number of anilines is 1. The van der Waals surface area contributed by atoms with Gasteiger partial charge in [0.25, 0.3) is 0 Å². The molecule has 0 spiro atoms. The number of nitrogens with two attached hydrogens (primary N) is 1. The summed E-state index contributed by atoms with van der Waals surface area (Å²) < 4.78 is 6.95. The lowest BCUT2D eigenvalue weighted by atomic mass is 10.4. The van der Waals surface area contributed by atoms with Crippen LogP contribution in [0, 0.1) is 0 Å². The molecule has 0 aliphatic carbocycles. The Hall–Kier alpha value is -1.40. The molecule has 0 saturated carbocycles. The molecule has 6 heteroatoms. The first kappa shape index (κ1) is 10.1. The van der Waals surface area contributed by atoms with Crippen LogP contribution in [0.2, 0.25) is 0 Å². The number of methoxy groups -OCH3 is 1. The van der Waals surface area contributed by atoms with Crippen molar-refractivity contribution in [2.24, 2.45) is 0 Å². The van der Waals surface area contributed by atoms with Crippen LogP contribution in [-0.4, -0.2) is 28.5 Å². The van der Waals surface area contributed by atoms with Gasteiger partial charge in [0.2, 0.25) is 0 Å². The van der Waals surface area contributed by atoms with Crippen molar-refractivity contribution in [3.05, 3.63) is 17.8 Å². The summed E-state index contributed by atoms with van der Waals surface area (Å²) in [5.41, 5.74) is 6.57. The van der Waals surface area contributed by atoms with Gasteiger partial charge in [0, 0.05) is 13.7 Å². The Morgan fingerprint density at radius 2 is 2.47 bits per heavy atom. The summed E-state index contributed by atoms with van der Waals surface area (Å²) in [5.74, 6) is 0.805. The Morgan fingerprint density at radius 1 is 1.60 bits per heavy atom. The minimum Gasteiger partial charge on any atom is -0.397 e. The molecule has 80 valence electrons. The minimum atomic E-state index is 0.635. The molecule has 2 N–H and O–H groups in total. The highest BCUT2D eigenvalue weighted by Crippen LogP contribution is 2.29. The van der Waals surface area contributed by atoms with Crippen LogP contribution in [0.4, 0.5) is 5.69 Å². The molecule has 2 heterocycles. The molecule has 2 rings (SSSR count). The van der Waals surface area contributed by atoms with Crippen LogP contribution >= 0.6 is 11.3 Å². The van der Waals surface area contributed by atoms with Gasteiger partial charge in [-0.25, -0.2) is 0 Å². The fraction of sp³-hybridized carbons (Fsp3) is 0.333. The molecule has 5 nitrogen and oxygen atoms in total. The fourth-order valence-corrected chi connectivity index (χ4v) is 2.10. The van der Waals surface area contributed by atoms with Gasteiger partial charge in [0.05, 0.1) is 17.2 Å². The molecular formula is C9H12N4OS. The van der Waals surface area contributed by atoms with E-state index in [1.165, 1.54) is 0 Å². The van der Waals surface area contributed by atoms with Crippen molar-refractivity contribution in [1.29, 1.82) is 0 Å². The van der Waals surface area contributed by atoms with Crippen LogP contribution in [0.25, 0.3) is 10.7 Å². The van der Waals surface area contributed by atoms with Gasteiger partial charge >= 0.3 is 0 Å². The maximum absolute atomic E-state index is 5.83. The highest BCUT2D eigenvalue weighted by Gasteiger charge is 2.11. The second kappa shape index (κ2) is 4.41.